The first-order valence-corrected chi connectivity index (χ1v) is 4.54. The third kappa shape index (κ3) is 5.22. The van der Waals surface area contributed by atoms with E-state index >= 15 is 0 Å². The summed E-state index contributed by atoms with van der Waals surface area (Å²) in [5.74, 6) is -0.177. The van der Waals surface area contributed by atoms with Crippen molar-refractivity contribution in [1.29, 1.82) is 0 Å². The van der Waals surface area contributed by atoms with Crippen LogP contribution in [0.25, 0.3) is 0 Å². The van der Waals surface area contributed by atoms with Crippen LogP contribution in [0.15, 0.2) is 24.3 Å². The van der Waals surface area contributed by atoms with E-state index in [9.17, 15) is 4.57 Å². The van der Waals surface area contributed by atoms with E-state index in [1.165, 1.54) is 18.2 Å². The third-order valence-corrected chi connectivity index (χ3v) is 1.49. The molecule has 13 heavy (non-hydrogen) atoms. The number of hydrogen-bond donors (Lipinski definition) is 3. The van der Waals surface area contributed by atoms with E-state index in [-0.39, 0.29) is 37.7 Å². The van der Waals surface area contributed by atoms with Crippen molar-refractivity contribution >= 4 is 7.82 Å². The Morgan fingerprint density at radius 2 is 1.92 bits per heavy atom. The average Bonchev–Trinajstić information content (AvgIpc) is 1.82. The Labute approximate surface area is 93.7 Å². The smallest absolute Gasteiger partial charge is 0.508 e. The fourth-order valence-corrected chi connectivity index (χ4v) is 1.07. The number of phosphoric acid groups is 1. The van der Waals surface area contributed by atoms with Gasteiger partial charge in [-0.2, -0.15) is 0 Å². The van der Waals surface area contributed by atoms with Gasteiger partial charge in [0.1, 0.15) is 11.5 Å². The maximum atomic E-state index is 10.3. The molecule has 0 amide bonds. The quantitative estimate of drug-likeness (QED) is 0.700. The van der Waals surface area contributed by atoms with Crippen LogP contribution in [0.2, 0.25) is 0 Å². The zero-order valence-corrected chi connectivity index (χ0v) is 9.77. The van der Waals surface area contributed by atoms with Crippen LogP contribution in [0.4, 0.5) is 0 Å². The number of phenolic OH excluding ortho intramolecular Hbond substituents is 1. The molecule has 1 aromatic carbocycles. The molecule has 0 fully saturated rings. The first-order chi connectivity index (χ1) is 5.47. The normalized spacial score (nSPS) is 10.3. The van der Waals surface area contributed by atoms with Gasteiger partial charge in [0.15, 0.2) is 0 Å². The zero-order chi connectivity index (χ0) is 9.19. The molecule has 3 N–H and O–H groups in total. The maximum absolute atomic E-state index is 10.3. The van der Waals surface area contributed by atoms with Gasteiger partial charge in [-0.1, -0.05) is 6.07 Å². The van der Waals surface area contributed by atoms with Crippen LogP contribution in [0.5, 0.6) is 11.5 Å². The summed E-state index contributed by atoms with van der Waals surface area (Å²) in [5.41, 5.74) is 0. The molecule has 70 valence electrons. The summed E-state index contributed by atoms with van der Waals surface area (Å²) in [6.45, 7) is 0. The van der Waals surface area contributed by atoms with E-state index in [1.54, 1.807) is 0 Å². The first-order valence-electron chi connectivity index (χ1n) is 3.01. The van der Waals surface area contributed by atoms with Crippen LogP contribution in [0, 0.1) is 0 Å². The van der Waals surface area contributed by atoms with E-state index in [0.717, 1.165) is 6.07 Å². The van der Waals surface area contributed by atoms with Gasteiger partial charge in [0, 0.05) is 32.3 Å². The summed E-state index contributed by atoms with van der Waals surface area (Å²) in [5, 5.41) is 8.88. The largest absolute Gasteiger partial charge is 0.524 e. The Morgan fingerprint density at radius 3 is 2.38 bits per heavy atom. The van der Waals surface area contributed by atoms with E-state index < -0.39 is 7.82 Å². The molecule has 0 saturated heterocycles. The maximum Gasteiger partial charge on any atom is 0.524 e. The molecule has 0 radical (unpaired) electrons. The number of phenols is 1. The van der Waals surface area contributed by atoms with Crippen molar-refractivity contribution in [3.05, 3.63) is 24.3 Å². The molecule has 0 aliphatic rings. The van der Waals surface area contributed by atoms with Crippen molar-refractivity contribution < 1.29 is 50.2 Å². The molecule has 0 unspecified atom stereocenters. The SMILES string of the molecule is O=P(O)(O)Oc1cccc(O)c1.[Zr]. The molecule has 1 aromatic rings. The van der Waals surface area contributed by atoms with Crippen molar-refractivity contribution in [1.82, 2.24) is 0 Å². The summed E-state index contributed by atoms with van der Waals surface area (Å²) in [6.07, 6.45) is 0. The Hall–Kier alpha value is -0.147. The molecule has 0 aliphatic heterocycles. The molecule has 0 aromatic heterocycles. The zero-order valence-electron chi connectivity index (χ0n) is 6.41. The number of benzene rings is 1. The Morgan fingerprint density at radius 1 is 1.31 bits per heavy atom. The second kappa shape index (κ2) is 4.92. The predicted octanol–water partition coefficient (Wildman–Crippen LogP) is 0.861. The Bertz CT molecular complexity index is 323. The number of hydrogen-bond acceptors (Lipinski definition) is 3. The van der Waals surface area contributed by atoms with Gasteiger partial charge in [0.2, 0.25) is 0 Å². The average molecular weight is 281 g/mol. The fraction of sp³-hybridized carbons (Fsp3) is 0. The summed E-state index contributed by atoms with van der Waals surface area (Å²) < 4.78 is 14.5. The van der Waals surface area contributed by atoms with Gasteiger partial charge in [-0.25, -0.2) is 4.57 Å². The summed E-state index contributed by atoms with van der Waals surface area (Å²) in [7, 11) is -4.52. The van der Waals surface area contributed by atoms with Crippen LogP contribution < -0.4 is 4.52 Å². The molecule has 0 spiro atoms. The second-order valence-electron chi connectivity index (χ2n) is 2.08. The van der Waals surface area contributed by atoms with Gasteiger partial charge < -0.3 is 9.63 Å². The van der Waals surface area contributed by atoms with Gasteiger partial charge in [-0.05, 0) is 12.1 Å². The van der Waals surface area contributed by atoms with Crippen molar-refractivity contribution in [2.45, 2.75) is 0 Å². The predicted molar refractivity (Wildman–Crippen MR) is 40.8 cm³/mol. The van der Waals surface area contributed by atoms with E-state index in [1.807, 2.05) is 0 Å². The molecule has 0 atom stereocenters. The van der Waals surface area contributed by atoms with Crippen molar-refractivity contribution in [3.8, 4) is 11.5 Å². The Kier molecular flexibility index (Phi) is 4.86. The van der Waals surface area contributed by atoms with Gasteiger partial charge >= 0.3 is 7.82 Å². The fourth-order valence-electron chi connectivity index (χ4n) is 0.678. The van der Waals surface area contributed by atoms with E-state index in [4.69, 9.17) is 14.9 Å². The van der Waals surface area contributed by atoms with Gasteiger partial charge in [-0.3, -0.25) is 9.79 Å². The van der Waals surface area contributed by atoms with Crippen molar-refractivity contribution in [2.75, 3.05) is 0 Å². The number of rotatable bonds is 2. The van der Waals surface area contributed by atoms with Crippen LogP contribution in [0.1, 0.15) is 0 Å². The van der Waals surface area contributed by atoms with E-state index in [0.29, 0.717) is 0 Å². The molecule has 0 saturated carbocycles. The first kappa shape index (κ1) is 12.9. The van der Waals surface area contributed by atoms with Crippen LogP contribution >= 0.6 is 7.82 Å². The monoisotopic (exact) mass is 280 g/mol. The number of phosphoric ester groups is 1. The van der Waals surface area contributed by atoms with Crippen LogP contribution in [-0.4, -0.2) is 14.9 Å². The van der Waals surface area contributed by atoms with Gasteiger partial charge in [0.25, 0.3) is 0 Å². The minimum atomic E-state index is -4.52. The van der Waals surface area contributed by atoms with Crippen LogP contribution in [-0.2, 0) is 30.8 Å². The third-order valence-electron chi connectivity index (χ3n) is 1.04. The van der Waals surface area contributed by atoms with Gasteiger partial charge in [-0.15, -0.1) is 0 Å². The summed E-state index contributed by atoms with van der Waals surface area (Å²) in [6, 6.07) is 5.23. The van der Waals surface area contributed by atoms with Crippen LogP contribution in [0.3, 0.4) is 0 Å². The minimum absolute atomic E-state index is 0. The molecule has 0 heterocycles. The molecule has 1 rings (SSSR count). The van der Waals surface area contributed by atoms with Crippen molar-refractivity contribution in [2.24, 2.45) is 0 Å². The number of aromatic hydroxyl groups is 1. The summed E-state index contributed by atoms with van der Waals surface area (Å²) >= 11 is 0. The minimum Gasteiger partial charge on any atom is -0.508 e. The van der Waals surface area contributed by atoms with E-state index in [2.05, 4.69) is 4.52 Å². The molecule has 7 heteroatoms. The van der Waals surface area contributed by atoms with Crippen molar-refractivity contribution in [3.63, 3.8) is 0 Å². The standard InChI is InChI=1S/C6H7O5P.Zr/c7-5-2-1-3-6(4-5)11-12(8,9)10;/h1-4,7H,(H2,8,9,10);. The molecule has 0 bridgehead atoms. The molecular formula is C6H7O5PZr. The summed E-state index contributed by atoms with van der Waals surface area (Å²) in [4.78, 5) is 16.7. The Balaban J connectivity index is 0.00000144. The second-order valence-corrected chi connectivity index (χ2v) is 3.24. The molecular weight excluding hydrogens is 274 g/mol. The van der Waals surface area contributed by atoms with Gasteiger partial charge in [0.05, 0.1) is 0 Å². The molecule has 5 nitrogen and oxygen atoms in total. The topological polar surface area (TPSA) is 87.0 Å². The molecule has 0 aliphatic carbocycles.